The number of ether oxygens (including phenoxy) is 1. The van der Waals surface area contributed by atoms with Crippen molar-refractivity contribution in [2.45, 2.75) is 16.3 Å². The molecule has 4 rings (SSSR count). The van der Waals surface area contributed by atoms with Crippen LogP contribution in [0.5, 0.6) is 0 Å². The average Bonchev–Trinajstić information content (AvgIpc) is 3.20. The van der Waals surface area contributed by atoms with E-state index in [0.717, 1.165) is 0 Å². The van der Waals surface area contributed by atoms with E-state index in [1.165, 1.54) is 22.6 Å². The van der Waals surface area contributed by atoms with Gasteiger partial charge in [-0.15, -0.1) is 35.3 Å². The van der Waals surface area contributed by atoms with Crippen LogP contribution in [0, 0.1) is 5.92 Å². The highest BCUT2D eigenvalue weighted by Gasteiger charge is 2.55. The third-order valence-corrected chi connectivity index (χ3v) is 9.02. The number of hydrogen-bond acceptors (Lipinski definition) is 5. The standard InChI is InChI=1S/C16H16O2S3/c1-2-18-15(17)10-3-4-11-13(9-10)16(20-7-8-21-16)12-5-6-19-14(11)12/h3-6,9,12,14H,2,7-8H2,1H3. The van der Waals surface area contributed by atoms with Crippen molar-refractivity contribution in [3.8, 4) is 0 Å². The van der Waals surface area contributed by atoms with Gasteiger partial charge in [-0.05, 0) is 35.6 Å². The van der Waals surface area contributed by atoms with E-state index in [-0.39, 0.29) is 10.0 Å². The molecule has 1 spiro atoms. The van der Waals surface area contributed by atoms with E-state index < -0.39 is 0 Å². The Labute approximate surface area is 137 Å². The predicted molar refractivity (Wildman–Crippen MR) is 92.0 cm³/mol. The maximum absolute atomic E-state index is 12.0. The molecule has 0 amide bonds. The van der Waals surface area contributed by atoms with Gasteiger partial charge >= 0.3 is 5.97 Å². The molecule has 2 aliphatic heterocycles. The predicted octanol–water partition coefficient (Wildman–Crippen LogP) is 4.43. The number of thioether (sulfide) groups is 3. The molecule has 2 heterocycles. The first-order chi connectivity index (χ1) is 10.3. The van der Waals surface area contributed by atoms with E-state index in [1.807, 2.05) is 24.8 Å². The zero-order valence-corrected chi connectivity index (χ0v) is 14.2. The summed E-state index contributed by atoms with van der Waals surface area (Å²) in [5.41, 5.74) is 3.45. The Morgan fingerprint density at radius 3 is 2.95 bits per heavy atom. The van der Waals surface area contributed by atoms with Crippen LogP contribution in [-0.4, -0.2) is 24.1 Å². The van der Waals surface area contributed by atoms with Gasteiger partial charge in [-0.1, -0.05) is 12.1 Å². The van der Waals surface area contributed by atoms with Gasteiger partial charge in [-0.2, -0.15) is 0 Å². The van der Waals surface area contributed by atoms with E-state index in [2.05, 4.69) is 47.1 Å². The molecule has 2 atom stereocenters. The topological polar surface area (TPSA) is 26.3 Å². The summed E-state index contributed by atoms with van der Waals surface area (Å²) in [6.45, 7) is 2.27. The molecule has 110 valence electrons. The lowest BCUT2D eigenvalue weighted by atomic mass is 10.1. The Morgan fingerprint density at radius 1 is 1.38 bits per heavy atom. The first-order valence-corrected chi connectivity index (χ1v) is 10.1. The summed E-state index contributed by atoms with van der Waals surface area (Å²) in [4.78, 5) is 12.0. The molecule has 0 radical (unpaired) electrons. The average molecular weight is 337 g/mol. The SMILES string of the molecule is CCOC(=O)c1ccc2c(c1)C1(SCCS1)C1C=CSC21. The van der Waals surface area contributed by atoms with Crippen LogP contribution < -0.4 is 0 Å². The van der Waals surface area contributed by atoms with Crippen molar-refractivity contribution in [1.29, 1.82) is 0 Å². The fraction of sp³-hybridized carbons (Fsp3) is 0.438. The normalized spacial score (nSPS) is 27.9. The number of esters is 1. The summed E-state index contributed by atoms with van der Waals surface area (Å²) < 4.78 is 5.27. The lowest BCUT2D eigenvalue weighted by Crippen LogP contribution is -2.20. The summed E-state index contributed by atoms with van der Waals surface area (Å²) in [6, 6.07) is 6.16. The maximum atomic E-state index is 12.0. The highest BCUT2D eigenvalue weighted by molar-refractivity contribution is 8.20. The number of hydrogen-bond donors (Lipinski definition) is 0. The van der Waals surface area contributed by atoms with Crippen molar-refractivity contribution >= 4 is 41.3 Å². The minimum Gasteiger partial charge on any atom is -0.462 e. The van der Waals surface area contributed by atoms with E-state index in [9.17, 15) is 4.79 Å². The second-order valence-corrected chi connectivity index (χ2v) is 9.29. The van der Waals surface area contributed by atoms with Gasteiger partial charge in [-0.3, -0.25) is 0 Å². The number of carbonyl (C=O) groups is 1. The van der Waals surface area contributed by atoms with Gasteiger partial charge in [0.25, 0.3) is 0 Å². The smallest absolute Gasteiger partial charge is 0.338 e. The molecule has 0 N–H and O–H groups in total. The third-order valence-electron chi connectivity index (χ3n) is 4.24. The van der Waals surface area contributed by atoms with Crippen LogP contribution in [0.25, 0.3) is 0 Å². The second-order valence-electron chi connectivity index (χ2n) is 5.30. The van der Waals surface area contributed by atoms with Crippen molar-refractivity contribution in [3.05, 3.63) is 46.4 Å². The van der Waals surface area contributed by atoms with Crippen LogP contribution in [-0.2, 0) is 8.82 Å². The fourth-order valence-electron chi connectivity index (χ4n) is 3.40. The van der Waals surface area contributed by atoms with Crippen LogP contribution in [0.1, 0.15) is 33.7 Å². The van der Waals surface area contributed by atoms with Gasteiger partial charge in [-0.25, -0.2) is 4.79 Å². The molecule has 0 saturated carbocycles. The molecule has 2 nitrogen and oxygen atoms in total. The molecule has 1 saturated heterocycles. The summed E-state index contributed by atoms with van der Waals surface area (Å²) in [5, 5.41) is 2.77. The van der Waals surface area contributed by atoms with Crippen LogP contribution >= 0.6 is 35.3 Å². The van der Waals surface area contributed by atoms with Crippen molar-refractivity contribution in [3.63, 3.8) is 0 Å². The molecule has 5 heteroatoms. The van der Waals surface area contributed by atoms with Crippen LogP contribution in [0.15, 0.2) is 29.7 Å². The molecule has 1 aliphatic carbocycles. The first-order valence-electron chi connectivity index (χ1n) is 7.18. The zero-order chi connectivity index (χ0) is 14.4. The highest BCUT2D eigenvalue weighted by Crippen LogP contribution is 2.69. The Bertz CT molecular complexity index is 620. The van der Waals surface area contributed by atoms with Crippen molar-refractivity contribution in [2.75, 3.05) is 18.1 Å². The van der Waals surface area contributed by atoms with Crippen molar-refractivity contribution in [1.82, 2.24) is 0 Å². The molecule has 2 unspecified atom stereocenters. The third kappa shape index (κ3) is 2.01. The van der Waals surface area contributed by atoms with Gasteiger partial charge in [0.05, 0.1) is 16.2 Å². The molecular weight excluding hydrogens is 320 g/mol. The Morgan fingerprint density at radius 2 is 2.19 bits per heavy atom. The molecule has 0 aromatic heterocycles. The quantitative estimate of drug-likeness (QED) is 0.745. The molecule has 21 heavy (non-hydrogen) atoms. The highest BCUT2D eigenvalue weighted by atomic mass is 32.2. The molecule has 1 aromatic carbocycles. The van der Waals surface area contributed by atoms with Gasteiger partial charge in [0.2, 0.25) is 0 Å². The van der Waals surface area contributed by atoms with Gasteiger partial charge < -0.3 is 4.74 Å². The van der Waals surface area contributed by atoms with Crippen LogP contribution in [0.3, 0.4) is 0 Å². The number of benzene rings is 1. The zero-order valence-electron chi connectivity index (χ0n) is 11.7. The number of allylic oxidation sites excluding steroid dienone is 1. The summed E-state index contributed by atoms with van der Waals surface area (Å²) >= 11 is 6.02. The van der Waals surface area contributed by atoms with E-state index in [0.29, 0.717) is 23.3 Å². The Balaban J connectivity index is 1.81. The molecule has 3 aliphatic rings. The summed E-state index contributed by atoms with van der Waals surface area (Å²) in [6.07, 6.45) is 2.37. The van der Waals surface area contributed by atoms with E-state index in [4.69, 9.17) is 4.74 Å². The fourth-order valence-corrected chi connectivity index (χ4v) is 8.40. The van der Waals surface area contributed by atoms with Crippen molar-refractivity contribution in [2.24, 2.45) is 5.92 Å². The first kappa shape index (κ1) is 14.1. The summed E-state index contributed by atoms with van der Waals surface area (Å²) in [7, 11) is 0. The number of fused-ring (bicyclic) bond motifs is 5. The molecule has 0 bridgehead atoms. The largest absolute Gasteiger partial charge is 0.462 e. The van der Waals surface area contributed by atoms with E-state index >= 15 is 0 Å². The van der Waals surface area contributed by atoms with Gasteiger partial charge in [0.15, 0.2) is 0 Å². The van der Waals surface area contributed by atoms with E-state index in [1.54, 1.807) is 0 Å². The van der Waals surface area contributed by atoms with Crippen LogP contribution in [0.2, 0.25) is 0 Å². The van der Waals surface area contributed by atoms with Crippen molar-refractivity contribution < 1.29 is 9.53 Å². The molecule has 1 fully saturated rings. The minimum absolute atomic E-state index is 0.114. The lowest BCUT2D eigenvalue weighted by Gasteiger charge is -2.28. The Kier molecular flexibility index (Phi) is 3.55. The van der Waals surface area contributed by atoms with Gasteiger partial charge in [0, 0.05) is 22.7 Å². The minimum atomic E-state index is -0.205. The lowest BCUT2D eigenvalue weighted by molar-refractivity contribution is 0.0526. The number of carbonyl (C=O) groups excluding carboxylic acids is 1. The Hall–Kier alpha value is -0.520. The maximum Gasteiger partial charge on any atom is 0.338 e. The molecule has 1 aromatic rings. The van der Waals surface area contributed by atoms with Gasteiger partial charge in [0.1, 0.15) is 0 Å². The van der Waals surface area contributed by atoms with Crippen LogP contribution in [0.4, 0.5) is 0 Å². The molecular formula is C16H16O2S3. The monoisotopic (exact) mass is 336 g/mol. The number of rotatable bonds is 2. The second kappa shape index (κ2) is 5.28. The summed E-state index contributed by atoms with van der Waals surface area (Å²) in [5.74, 6) is 2.72.